The first-order valence-electron chi connectivity index (χ1n) is 7.12. The van der Waals surface area contributed by atoms with E-state index in [4.69, 9.17) is 0 Å². The van der Waals surface area contributed by atoms with Gasteiger partial charge in [0.25, 0.3) is 0 Å². The number of hydrazone groups is 1. The number of aromatic hydroxyl groups is 1. The van der Waals surface area contributed by atoms with E-state index in [0.29, 0.717) is 16.8 Å². The molecule has 0 atom stereocenters. The monoisotopic (exact) mass is 341 g/mol. The molecule has 0 aromatic heterocycles. The van der Waals surface area contributed by atoms with E-state index in [1.165, 1.54) is 43.7 Å². The molecule has 0 unspecified atom stereocenters. The standard InChI is InChI=1S/C17H15N3O5/c1-25-17(24)11-6-8-13(9-7-11)19-15(22)16(23)20-18-10-12-4-2-3-5-14(12)21/h2-10,21H,1H3,(H,19,22)(H,20,23)/b18-10+. The fourth-order valence-corrected chi connectivity index (χ4v) is 1.80. The number of para-hydroxylation sites is 1. The van der Waals surface area contributed by atoms with Crippen LogP contribution >= 0.6 is 0 Å². The minimum absolute atomic E-state index is 0.00403. The van der Waals surface area contributed by atoms with Crippen LogP contribution in [0, 0.1) is 0 Å². The summed E-state index contributed by atoms with van der Waals surface area (Å²) in [6.45, 7) is 0. The number of methoxy groups -OCH3 is 1. The molecule has 0 saturated carbocycles. The molecule has 0 bridgehead atoms. The summed E-state index contributed by atoms with van der Waals surface area (Å²) >= 11 is 0. The number of rotatable bonds is 4. The quantitative estimate of drug-likeness (QED) is 0.335. The van der Waals surface area contributed by atoms with Gasteiger partial charge in [0, 0.05) is 11.3 Å². The maximum atomic E-state index is 11.8. The molecule has 0 spiro atoms. The zero-order valence-corrected chi connectivity index (χ0v) is 13.2. The van der Waals surface area contributed by atoms with Gasteiger partial charge in [0.15, 0.2) is 0 Å². The van der Waals surface area contributed by atoms with Gasteiger partial charge in [-0.05, 0) is 36.4 Å². The lowest BCUT2D eigenvalue weighted by Gasteiger charge is -2.05. The molecule has 0 aliphatic carbocycles. The highest BCUT2D eigenvalue weighted by atomic mass is 16.5. The average Bonchev–Trinajstić information content (AvgIpc) is 2.63. The fourth-order valence-electron chi connectivity index (χ4n) is 1.80. The maximum Gasteiger partial charge on any atom is 0.337 e. The van der Waals surface area contributed by atoms with E-state index < -0.39 is 17.8 Å². The zero-order valence-electron chi connectivity index (χ0n) is 13.2. The second-order valence-electron chi connectivity index (χ2n) is 4.78. The van der Waals surface area contributed by atoms with E-state index in [-0.39, 0.29) is 5.75 Å². The maximum absolute atomic E-state index is 11.8. The molecule has 128 valence electrons. The smallest absolute Gasteiger partial charge is 0.337 e. The van der Waals surface area contributed by atoms with E-state index in [0.717, 1.165) is 0 Å². The number of hydrogen-bond acceptors (Lipinski definition) is 6. The molecule has 8 heteroatoms. The van der Waals surface area contributed by atoms with Gasteiger partial charge < -0.3 is 15.2 Å². The van der Waals surface area contributed by atoms with E-state index in [2.05, 4.69) is 20.6 Å². The van der Waals surface area contributed by atoms with Crippen molar-refractivity contribution in [3.8, 4) is 5.75 Å². The van der Waals surface area contributed by atoms with Gasteiger partial charge in [0.2, 0.25) is 0 Å². The number of anilines is 1. The molecule has 0 fully saturated rings. The molecule has 8 nitrogen and oxygen atoms in total. The summed E-state index contributed by atoms with van der Waals surface area (Å²) in [6.07, 6.45) is 1.21. The molecule has 0 saturated heterocycles. The van der Waals surface area contributed by atoms with E-state index in [1.54, 1.807) is 18.2 Å². The topological polar surface area (TPSA) is 117 Å². The predicted molar refractivity (Wildman–Crippen MR) is 90.3 cm³/mol. The highest BCUT2D eigenvalue weighted by Crippen LogP contribution is 2.12. The minimum atomic E-state index is -0.983. The third-order valence-corrected chi connectivity index (χ3v) is 3.08. The molecular formula is C17H15N3O5. The van der Waals surface area contributed by atoms with Crippen LogP contribution in [0.4, 0.5) is 5.69 Å². The van der Waals surface area contributed by atoms with Crippen molar-refractivity contribution in [1.29, 1.82) is 0 Å². The highest BCUT2D eigenvalue weighted by molar-refractivity contribution is 6.39. The van der Waals surface area contributed by atoms with Crippen molar-refractivity contribution in [3.63, 3.8) is 0 Å². The Morgan fingerprint density at radius 3 is 2.36 bits per heavy atom. The normalized spacial score (nSPS) is 10.3. The number of ether oxygens (including phenoxy) is 1. The molecule has 2 rings (SSSR count). The first kappa shape index (κ1) is 17.7. The molecule has 0 aliphatic rings. The Balaban J connectivity index is 1.91. The minimum Gasteiger partial charge on any atom is -0.507 e. The fraction of sp³-hybridized carbons (Fsp3) is 0.0588. The molecule has 2 aromatic carbocycles. The summed E-state index contributed by atoms with van der Waals surface area (Å²) < 4.78 is 4.56. The Morgan fingerprint density at radius 2 is 1.72 bits per heavy atom. The lowest BCUT2D eigenvalue weighted by molar-refractivity contribution is -0.136. The zero-order chi connectivity index (χ0) is 18.2. The summed E-state index contributed by atoms with van der Waals surface area (Å²) in [6, 6.07) is 12.2. The number of esters is 1. The first-order valence-corrected chi connectivity index (χ1v) is 7.12. The molecule has 2 amide bonds. The molecule has 0 aliphatic heterocycles. The second-order valence-corrected chi connectivity index (χ2v) is 4.78. The second kappa shape index (κ2) is 8.25. The number of hydrogen-bond donors (Lipinski definition) is 3. The van der Waals surface area contributed by atoms with Gasteiger partial charge in [0.1, 0.15) is 5.75 Å². The Bertz CT molecular complexity index is 815. The summed E-state index contributed by atoms with van der Waals surface area (Å²) in [4.78, 5) is 34.7. The summed E-state index contributed by atoms with van der Waals surface area (Å²) in [7, 11) is 1.26. The number of nitrogens with zero attached hydrogens (tertiary/aromatic N) is 1. The van der Waals surface area contributed by atoms with Gasteiger partial charge in [-0.25, -0.2) is 10.2 Å². The van der Waals surface area contributed by atoms with Crippen molar-refractivity contribution in [2.75, 3.05) is 12.4 Å². The number of phenolic OH excluding ortho intramolecular Hbond substituents is 1. The van der Waals surface area contributed by atoms with Gasteiger partial charge in [0.05, 0.1) is 18.9 Å². The van der Waals surface area contributed by atoms with Crippen LogP contribution in [0.1, 0.15) is 15.9 Å². The molecule has 0 radical (unpaired) electrons. The van der Waals surface area contributed by atoms with Crippen molar-refractivity contribution in [3.05, 3.63) is 59.7 Å². The van der Waals surface area contributed by atoms with Crippen LogP contribution < -0.4 is 10.7 Å². The molecule has 2 aromatic rings. The summed E-state index contributed by atoms with van der Waals surface area (Å²) in [5, 5.41) is 15.5. The third-order valence-electron chi connectivity index (χ3n) is 3.08. The van der Waals surface area contributed by atoms with Crippen molar-refractivity contribution in [2.24, 2.45) is 5.10 Å². The number of carbonyl (C=O) groups excluding carboxylic acids is 3. The number of benzene rings is 2. The third kappa shape index (κ3) is 4.90. The van der Waals surface area contributed by atoms with Crippen molar-refractivity contribution in [2.45, 2.75) is 0 Å². The van der Waals surface area contributed by atoms with Crippen molar-refractivity contribution < 1.29 is 24.2 Å². The number of phenols is 1. The molecule has 25 heavy (non-hydrogen) atoms. The number of carbonyl (C=O) groups is 3. The first-order chi connectivity index (χ1) is 12.0. The van der Waals surface area contributed by atoms with Crippen LogP contribution in [-0.2, 0) is 14.3 Å². The van der Waals surface area contributed by atoms with Crippen LogP contribution in [0.25, 0.3) is 0 Å². The van der Waals surface area contributed by atoms with Crippen LogP contribution in [-0.4, -0.2) is 36.2 Å². The van der Waals surface area contributed by atoms with E-state index in [9.17, 15) is 19.5 Å². The summed E-state index contributed by atoms with van der Waals surface area (Å²) in [5.74, 6) is -2.42. The van der Waals surface area contributed by atoms with Crippen molar-refractivity contribution in [1.82, 2.24) is 5.43 Å². The Labute approximate surface area is 143 Å². The van der Waals surface area contributed by atoms with Crippen LogP contribution in [0.15, 0.2) is 53.6 Å². The van der Waals surface area contributed by atoms with Crippen LogP contribution in [0.5, 0.6) is 5.75 Å². The lowest BCUT2D eigenvalue weighted by atomic mass is 10.2. The van der Waals surface area contributed by atoms with Gasteiger partial charge >= 0.3 is 17.8 Å². The predicted octanol–water partition coefficient (Wildman–Crippen LogP) is 1.27. The van der Waals surface area contributed by atoms with Gasteiger partial charge in [-0.1, -0.05) is 12.1 Å². The lowest BCUT2D eigenvalue weighted by Crippen LogP contribution is -2.32. The van der Waals surface area contributed by atoms with E-state index >= 15 is 0 Å². The van der Waals surface area contributed by atoms with E-state index in [1.807, 2.05) is 0 Å². The Morgan fingerprint density at radius 1 is 1.04 bits per heavy atom. The van der Waals surface area contributed by atoms with Crippen molar-refractivity contribution >= 4 is 29.7 Å². The average molecular weight is 341 g/mol. The largest absolute Gasteiger partial charge is 0.507 e. The Hall–Kier alpha value is -3.68. The Kier molecular flexibility index (Phi) is 5.83. The molecular weight excluding hydrogens is 326 g/mol. The highest BCUT2D eigenvalue weighted by Gasteiger charge is 2.13. The van der Waals surface area contributed by atoms with Crippen LogP contribution in [0.2, 0.25) is 0 Å². The molecule has 3 N–H and O–H groups in total. The van der Waals surface area contributed by atoms with Gasteiger partial charge in [-0.3, -0.25) is 9.59 Å². The van der Waals surface area contributed by atoms with Gasteiger partial charge in [-0.15, -0.1) is 0 Å². The summed E-state index contributed by atoms with van der Waals surface area (Å²) in [5.41, 5.74) is 3.09. The molecule has 0 heterocycles. The SMILES string of the molecule is COC(=O)c1ccc(NC(=O)C(=O)N/N=C/c2ccccc2O)cc1. The van der Waals surface area contributed by atoms with Crippen LogP contribution in [0.3, 0.4) is 0 Å². The van der Waals surface area contributed by atoms with Gasteiger partial charge in [-0.2, -0.15) is 5.10 Å². The number of amides is 2. The number of nitrogens with one attached hydrogen (secondary N) is 2.